The van der Waals surface area contributed by atoms with Gasteiger partial charge in [0.1, 0.15) is 0 Å². The van der Waals surface area contributed by atoms with E-state index in [0.29, 0.717) is 42.7 Å². The van der Waals surface area contributed by atoms with Crippen molar-refractivity contribution in [2.75, 3.05) is 26.5 Å². The summed E-state index contributed by atoms with van der Waals surface area (Å²) in [5.74, 6) is 2.34. The Hall–Kier alpha value is -2.61. The van der Waals surface area contributed by atoms with Gasteiger partial charge < -0.3 is 23.5 Å². The van der Waals surface area contributed by atoms with E-state index in [-0.39, 0.29) is 18.8 Å². The van der Waals surface area contributed by atoms with E-state index in [9.17, 15) is 4.79 Å². The molecule has 0 spiro atoms. The van der Waals surface area contributed by atoms with Gasteiger partial charge in [0, 0.05) is 38.1 Å². The monoisotopic (exact) mass is 387 g/mol. The second-order valence-corrected chi connectivity index (χ2v) is 7.04. The van der Waals surface area contributed by atoms with Gasteiger partial charge in [0.2, 0.25) is 24.5 Å². The summed E-state index contributed by atoms with van der Waals surface area (Å²) in [6, 6.07) is 5.48. The topological polar surface area (TPSA) is 86.9 Å². The van der Waals surface area contributed by atoms with E-state index in [4.69, 9.17) is 18.6 Å². The first-order valence-corrected chi connectivity index (χ1v) is 9.84. The molecule has 0 bridgehead atoms. The van der Waals surface area contributed by atoms with Crippen LogP contribution in [0, 0.1) is 0 Å². The Morgan fingerprint density at radius 2 is 2.18 bits per heavy atom. The van der Waals surface area contributed by atoms with Gasteiger partial charge >= 0.3 is 0 Å². The largest absolute Gasteiger partial charge is 0.454 e. The number of rotatable bonds is 7. The molecule has 1 amide bonds. The molecule has 1 aromatic carbocycles. The summed E-state index contributed by atoms with van der Waals surface area (Å²) in [6.07, 6.45) is 3.92. The van der Waals surface area contributed by atoms with Crippen molar-refractivity contribution in [1.82, 2.24) is 15.1 Å². The van der Waals surface area contributed by atoms with Crippen LogP contribution in [0.2, 0.25) is 0 Å². The zero-order valence-electron chi connectivity index (χ0n) is 16.1. The van der Waals surface area contributed by atoms with Crippen LogP contribution in [0.5, 0.6) is 11.5 Å². The number of aromatic nitrogens is 2. The van der Waals surface area contributed by atoms with Gasteiger partial charge in [-0.2, -0.15) is 0 Å². The van der Waals surface area contributed by atoms with E-state index < -0.39 is 0 Å². The van der Waals surface area contributed by atoms with Crippen LogP contribution < -0.4 is 9.47 Å². The molecule has 0 N–H and O–H groups in total. The first kappa shape index (κ1) is 18.7. The second kappa shape index (κ2) is 8.60. The fourth-order valence-electron chi connectivity index (χ4n) is 3.46. The zero-order chi connectivity index (χ0) is 19.3. The minimum absolute atomic E-state index is 0.104. The summed E-state index contributed by atoms with van der Waals surface area (Å²) in [6.45, 7) is 4.52. The Kier molecular flexibility index (Phi) is 5.76. The molecule has 1 saturated heterocycles. The Bertz CT molecular complexity index is 822. The van der Waals surface area contributed by atoms with E-state index in [1.54, 1.807) is 0 Å². The lowest BCUT2D eigenvalue weighted by atomic mass is 10.1. The van der Waals surface area contributed by atoms with Crippen LogP contribution in [0.1, 0.15) is 38.5 Å². The minimum atomic E-state index is 0.104. The highest BCUT2D eigenvalue weighted by Crippen LogP contribution is 2.35. The number of fused-ring (bicyclic) bond motifs is 1. The van der Waals surface area contributed by atoms with E-state index >= 15 is 0 Å². The van der Waals surface area contributed by atoms with Crippen LogP contribution in [0.4, 0.5) is 0 Å². The quantitative estimate of drug-likeness (QED) is 0.722. The molecule has 2 aliphatic rings. The lowest BCUT2D eigenvalue weighted by Gasteiger charge is -2.32. The molecule has 3 heterocycles. The summed E-state index contributed by atoms with van der Waals surface area (Å²) in [4.78, 5) is 14.4. The van der Waals surface area contributed by atoms with Gasteiger partial charge in [0.15, 0.2) is 11.5 Å². The van der Waals surface area contributed by atoms with Gasteiger partial charge in [-0.15, -0.1) is 10.2 Å². The maximum Gasteiger partial charge on any atom is 0.247 e. The normalized spacial score (nSPS) is 18.5. The third kappa shape index (κ3) is 4.27. The Labute approximate surface area is 163 Å². The summed E-state index contributed by atoms with van der Waals surface area (Å²) in [5.41, 5.74) is 0.765. The molecule has 1 aromatic heterocycles. The molecule has 4 rings (SSSR count). The second-order valence-electron chi connectivity index (χ2n) is 7.04. The van der Waals surface area contributed by atoms with Crippen LogP contribution in [-0.4, -0.2) is 53.6 Å². The van der Waals surface area contributed by atoms with Crippen molar-refractivity contribution < 1.29 is 23.4 Å². The average molecular weight is 387 g/mol. The van der Waals surface area contributed by atoms with Crippen LogP contribution in [-0.2, 0) is 16.0 Å². The molecule has 0 saturated carbocycles. The van der Waals surface area contributed by atoms with Crippen molar-refractivity contribution in [3.05, 3.63) is 24.1 Å². The molecule has 8 nitrogen and oxygen atoms in total. The first-order valence-electron chi connectivity index (χ1n) is 9.84. The summed E-state index contributed by atoms with van der Waals surface area (Å²) in [5, 5.41) is 8.16. The number of nitrogens with zero attached hydrogens (tertiary/aromatic N) is 3. The maximum atomic E-state index is 12.5. The third-order valence-electron chi connectivity index (χ3n) is 4.93. The molecule has 2 aliphatic heterocycles. The predicted octanol–water partition coefficient (Wildman–Crippen LogP) is 2.82. The van der Waals surface area contributed by atoms with E-state index in [1.807, 2.05) is 23.1 Å². The molecule has 2 aromatic rings. The number of benzene rings is 1. The molecule has 0 unspecified atom stereocenters. The number of aryl methyl sites for hydroxylation is 1. The van der Waals surface area contributed by atoms with Crippen molar-refractivity contribution in [2.45, 2.75) is 45.1 Å². The summed E-state index contributed by atoms with van der Waals surface area (Å²) in [7, 11) is 0. The number of carbonyl (C=O) groups excluding carboxylic acids is 1. The van der Waals surface area contributed by atoms with Gasteiger partial charge in [-0.1, -0.05) is 6.92 Å². The first-order chi connectivity index (χ1) is 13.7. The summed E-state index contributed by atoms with van der Waals surface area (Å²) >= 11 is 0. The van der Waals surface area contributed by atoms with E-state index in [0.717, 1.165) is 38.0 Å². The molecular weight excluding hydrogens is 362 g/mol. The lowest BCUT2D eigenvalue weighted by Crippen LogP contribution is -2.43. The number of hydrogen-bond donors (Lipinski definition) is 0. The molecule has 1 fully saturated rings. The predicted molar refractivity (Wildman–Crippen MR) is 100 cm³/mol. The maximum absolute atomic E-state index is 12.5. The Morgan fingerprint density at radius 1 is 1.29 bits per heavy atom. The number of ether oxygens (including phenoxy) is 3. The minimum Gasteiger partial charge on any atom is -0.454 e. The van der Waals surface area contributed by atoms with Gasteiger partial charge in [-0.05, 0) is 37.5 Å². The highest BCUT2D eigenvalue weighted by Gasteiger charge is 2.24. The highest BCUT2D eigenvalue weighted by atomic mass is 16.7. The molecule has 1 atom stereocenters. The smallest absolute Gasteiger partial charge is 0.247 e. The van der Waals surface area contributed by atoms with Crippen molar-refractivity contribution in [2.24, 2.45) is 0 Å². The Balaban J connectivity index is 1.31. The number of carbonyl (C=O) groups is 1. The SMILES string of the molecule is CCCO[C@@H]1CCCN(C(=O)CCc2nnc(-c3ccc4c(c3)OCO4)o2)C1. The van der Waals surface area contributed by atoms with Gasteiger partial charge in [0.25, 0.3) is 0 Å². The summed E-state index contributed by atoms with van der Waals surface area (Å²) < 4.78 is 22.2. The highest BCUT2D eigenvalue weighted by molar-refractivity contribution is 5.76. The van der Waals surface area contributed by atoms with Crippen molar-refractivity contribution in [3.8, 4) is 23.0 Å². The van der Waals surface area contributed by atoms with Crippen LogP contribution >= 0.6 is 0 Å². The molecule has 0 aliphatic carbocycles. The molecule has 150 valence electrons. The zero-order valence-corrected chi connectivity index (χ0v) is 16.1. The van der Waals surface area contributed by atoms with Crippen molar-refractivity contribution >= 4 is 5.91 Å². The fourth-order valence-corrected chi connectivity index (χ4v) is 3.46. The van der Waals surface area contributed by atoms with Gasteiger partial charge in [-0.3, -0.25) is 4.79 Å². The van der Waals surface area contributed by atoms with E-state index in [1.165, 1.54) is 0 Å². The number of hydrogen-bond acceptors (Lipinski definition) is 7. The standard InChI is InChI=1S/C20H25N3O5/c1-2-10-25-15-4-3-9-23(12-15)19(24)8-7-18-21-22-20(28-18)14-5-6-16-17(11-14)27-13-26-16/h5-6,11,15H,2-4,7-10,12-13H2,1H3/t15-/m1/s1. The average Bonchev–Trinajstić information content (AvgIpc) is 3.39. The molecule has 8 heteroatoms. The number of likely N-dealkylation sites (tertiary alicyclic amines) is 1. The van der Waals surface area contributed by atoms with Gasteiger partial charge in [0.05, 0.1) is 6.10 Å². The van der Waals surface area contributed by atoms with Crippen molar-refractivity contribution in [1.29, 1.82) is 0 Å². The third-order valence-corrected chi connectivity index (χ3v) is 4.93. The van der Waals surface area contributed by atoms with Gasteiger partial charge in [-0.25, -0.2) is 0 Å². The van der Waals surface area contributed by atoms with E-state index in [2.05, 4.69) is 17.1 Å². The van der Waals surface area contributed by atoms with Crippen LogP contribution in [0.25, 0.3) is 11.5 Å². The lowest BCUT2D eigenvalue weighted by molar-refractivity contribution is -0.135. The number of piperidine rings is 1. The van der Waals surface area contributed by atoms with Crippen molar-refractivity contribution in [3.63, 3.8) is 0 Å². The van der Waals surface area contributed by atoms with Crippen LogP contribution in [0.3, 0.4) is 0 Å². The number of amides is 1. The molecule has 28 heavy (non-hydrogen) atoms. The molecule has 0 radical (unpaired) electrons. The Morgan fingerprint density at radius 3 is 3.07 bits per heavy atom. The molecular formula is C20H25N3O5. The fraction of sp³-hybridized carbons (Fsp3) is 0.550. The van der Waals surface area contributed by atoms with Crippen LogP contribution in [0.15, 0.2) is 22.6 Å².